The fraction of sp³-hybridized carbons (Fsp3) is 0.222. The van der Waals surface area contributed by atoms with Gasteiger partial charge in [-0.15, -0.1) is 0 Å². The zero-order valence-corrected chi connectivity index (χ0v) is 7.54. The van der Waals surface area contributed by atoms with Crippen molar-refractivity contribution in [3.63, 3.8) is 0 Å². The lowest BCUT2D eigenvalue weighted by Gasteiger charge is -1.97. The minimum absolute atomic E-state index is 0.762. The molecule has 0 saturated carbocycles. The molecule has 0 spiro atoms. The minimum Gasteiger partial charge on any atom is -0.331 e. The highest BCUT2D eigenvalue weighted by molar-refractivity contribution is 6.31. The van der Waals surface area contributed by atoms with E-state index in [1.807, 2.05) is 24.5 Å². The third-order valence-corrected chi connectivity index (χ3v) is 2.16. The molecule has 1 aromatic heterocycles. The van der Waals surface area contributed by atoms with Crippen molar-refractivity contribution in [2.45, 2.75) is 13.5 Å². The summed E-state index contributed by atoms with van der Waals surface area (Å²) in [5.41, 5.74) is 2.10. The zero-order valence-electron chi connectivity index (χ0n) is 6.79. The molecule has 0 amide bonds. The largest absolute Gasteiger partial charge is 0.331 e. The number of benzene rings is 1. The van der Waals surface area contributed by atoms with Gasteiger partial charge < -0.3 is 4.57 Å². The summed E-state index contributed by atoms with van der Waals surface area (Å²) in [7, 11) is 0. The van der Waals surface area contributed by atoms with E-state index in [2.05, 4.69) is 16.5 Å². The molecule has 0 atom stereocenters. The minimum atomic E-state index is 0.762. The van der Waals surface area contributed by atoms with E-state index in [9.17, 15) is 0 Å². The first-order valence-corrected chi connectivity index (χ1v) is 4.29. The Labute approximate surface area is 75.8 Å². The molecule has 3 heteroatoms. The molecule has 2 rings (SSSR count). The van der Waals surface area contributed by atoms with Gasteiger partial charge in [0.1, 0.15) is 0 Å². The molecule has 0 unspecified atom stereocenters. The quantitative estimate of drug-likeness (QED) is 0.660. The molecule has 1 aromatic carbocycles. The van der Waals surface area contributed by atoms with Gasteiger partial charge in [0, 0.05) is 11.6 Å². The first-order chi connectivity index (χ1) is 5.81. The Hall–Kier alpha value is -1.02. The average molecular weight is 181 g/mol. The van der Waals surface area contributed by atoms with Gasteiger partial charge in [-0.2, -0.15) is 0 Å². The van der Waals surface area contributed by atoms with Gasteiger partial charge in [-0.1, -0.05) is 11.6 Å². The Morgan fingerprint density at radius 3 is 3.08 bits per heavy atom. The Balaban J connectivity index is 2.75. The van der Waals surface area contributed by atoms with Crippen molar-refractivity contribution in [2.24, 2.45) is 0 Å². The highest BCUT2D eigenvalue weighted by Gasteiger charge is 2.00. The third-order valence-electron chi connectivity index (χ3n) is 1.92. The van der Waals surface area contributed by atoms with Gasteiger partial charge >= 0.3 is 0 Å². The van der Waals surface area contributed by atoms with E-state index in [-0.39, 0.29) is 0 Å². The van der Waals surface area contributed by atoms with Crippen LogP contribution in [0.5, 0.6) is 0 Å². The number of hydrogen-bond donors (Lipinski definition) is 0. The summed E-state index contributed by atoms with van der Waals surface area (Å²) in [5.74, 6) is 0. The predicted octanol–water partition coefficient (Wildman–Crippen LogP) is 2.71. The Morgan fingerprint density at radius 1 is 1.50 bits per heavy atom. The van der Waals surface area contributed by atoms with Crippen LogP contribution >= 0.6 is 11.6 Å². The third kappa shape index (κ3) is 1.08. The molecule has 2 nitrogen and oxygen atoms in total. The normalized spacial score (nSPS) is 10.8. The van der Waals surface area contributed by atoms with Gasteiger partial charge in [-0.05, 0) is 25.1 Å². The van der Waals surface area contributed by atoms with Crippen LogP contribution in [0.3, 0.4) is 0 Å². The molecular formula is C9H9ClN2. The van der Waals surface area contributed by atoms with Crippen LogP contribution in [-0.4, -0.2) is 9.55 Å². The van der Waals surface area contributed by atoms with Crippen LogP contribution in [0.15, 0.2) is 24.5 Å². The van der Waals surface area contributed by atoms with Crippen molar-refractivity contribution in [3.05, 3.63) is 29.5 Å². The molecule has 12 heavy (non-hydrogen) atoms. The van der Waals surface area contributed by atoms with Crippen LogP contribution in [0, 0.1) is 0 Å². The standard InChI is InChI=1S/C9H9ClN2/c1-2-12-6-11-8-4-3-7(10)5-9(8)12/h3-6H,2H2,1H3. The van der Waals surface area contributed by atoms with Crippen molar-refractivity contribution in [1.82, 2.24) is 9.55 Å². The zero-order chi connectivity index (χ0) is 8.55. The number of imidazole rings is 1. The van der Waals surface area contributed by atoms with Gasteiger partial charge in [-0.3, -0.25) is 0 Å². The summed E-state index contributed by atoms with van der Waals surface area (Å²) < 4.78 is 2.07. The summed E-state index contributed by atoms with van der Waals surface area (Å²) in [6.07, 6.45) is 1.83. The fourth-order valence-electron chi connectivity index (χ4n) is 1.28. The van der Waals surface area contributed by atoms with E-state index in [4.69, 9.17) is 11.6 Å². The molecule has 0 aliphatic heterocycles. The molecule has 62 valence electrons. The van der Waals surface area contributed by atoms with Gasteiger partial charge in [0.15, 0.2) is 0 Å². The van der Waals surface area contributed by atoms with Gasteiger partial charge in [0.2, 0.25) is 0 Å². The second kappa shape index (κ2) is 2.79. The van der Waals surface area contributed by atoms with E-state index in [0.717, 1.165) is 22.6 Å². The van der Waals surface area contributed by atoms with Crippen molar-refractivity contribution in [2.75, 3.05) is 0 Å². The van der Waals surface area contributed by atoms with E-state index in [1.165, 1.54) is 0 Å². The van der Waals surface area contributed by atoms with Crippen LogP contribution in [-0.2, 0) is 6.54 Å². The summed E-state index contributed by atoms with van der Waals surface area (Å²) in [6.45, 7) is 3.01. The monoisotopic (exact) mass is 180 g/mol. The smallest absolute Gasteiger partial charge is 0.0958 e. The maximum absolute atomic E-state index is 5.86. The average Bonchev–Trinajstić information content (AvgIpc) is 2.46. The van der Waals surface area contributed by atoms with Gasteiger partial charge in [0.05, 0.1) is 17.4 Å². The van der Waals surface area contributed by atoms with E-state index >= 15 is 0 Å². The SMILES string of the molecule is CCn1cnc2ccc(Cl)cc21. The molecule has 0 aliphatic rings. The molecule has 1 heterocycles. The second-order valence-electron chi connectivity index (χ2n) is 2.66. The molecule has 0 saturated heterocycles. The maximum Gasteiger partial charge on any atom is 0.0958 e. The number of nitrogens with zero attached hydrogens (tertiary/aromatic N) is 2. The predicted molar refractivity (Wildman–Crippen MR) is 50.4 cm³/mol. The molecule has 0 radical (unpaired) electrons. The van der Waals surface area contributed by atoms with Gasteiger partial charge in [0.25, 0.3) is 0 Å². The number of aryl methyl sites for hydroxylation is 1. The Morgan fingerprint density at radius 2 is 2.33 bits per heavy atom. The molecule has 2 aromatic rings. The molecule has 0 N–H and O–H groups in total. The number of hydrogen-bond acceptors (Lipinski definition) is 1. The van der Waals surface area contributed by atoms with Gasteiger partial charge in [-0.25, -0.2) is 4.98 Å². The van der Waals surface area contributed by atoms with E-state index < -0.39 is 0 Å². The van der Waals surface area contributed by atoms with Crippen molar-refractivity contribution in [1.29, 1.82) is 0 Å². The number of aromatic nitrogens is 2. The summed E-state index contributed by atoms with van der Waals surface area (Å²) in [5, 5.41) is 0.762. The van der Waals surface area contributed by atoms with Crippen LogP contribution in [0.25, 0.3) is 11.0 Å². The second-order valence-corrected chi connectivity index (χ2v) is 3.10. The van der Waals surface area contributed by atoms with E-state index in [1.54, 1.807) is 0 Å². The summed E-state index contributed by atoms with van der Waals surface area (Å²) in [4.78, 5) is 4.23. The van der Waals surface area contributed by atoms with Crippen molar-refractivity contribution < 1.29 is 0 Å². The van der Waals surface area contributed by atoms with Crippen LogP contribution in [0.4, 0.5) is 0 Å². The lowest BCUT2D eigenvalue weighted by atomic mass is 10.3. The molecular weight excluding hydrogens is 172 g/mol. The first-order valence-electron chi connectivity index (χ1n) is 3.91. The number of fused-ring (bicyclic) bond motifs is 1. The lowest BCUT2D eigenvalue weighted by Crippen LogP contribution is -1.89. The van der Waals surface area contributed by atoms with E-state index in [0.29, 0.717) is 0 Å². The molecule has 0 aliphatic carbocycles. The molecule has 0 fully saturated rings. The van der Waals surface area contributed by atoms with Crippen LogP contribution in [0.1, 0.15) is 6.92 Å². The topological polar surface area (TPSA) is 17.8 Å². The highest BCUT2D eigenvalue weighted by Crippen LogP contribution is 2.17. The highest BCUT2D eigenvalue weighted by atomic mass is 35.5. The molecule has 0 bridgehead atoms. The Bertz CT molecular complexity index is 406. The maximum atomic E-state index is 5.86. The van der Waals surface area contributed by atoms with Crippen molar-refractivity contribution >= 4 is 22.6 Å². The first kappa shape index (κ1) is 7.62. The van der Waals surface area contributed by atoms with Crippen LogP contribution < -0.4 is 0 Å². The summed E-state index contributed by atoms with van der Waals surface area (Å²) in [6, 6.07) is 5.73. The number of halogens is 1. The Kier molecular flexibility index (Phi) is 1.77. The number of rotatable bonds is 1. The lowest BCUT2D eigenvalue weighted by molar-refractivity contribution is 0.787. The van der Waals surface area contributed by atoms with Crippen LogP contribution in [0.2, 0.25) is 5.02 Å². The fourth-order valence-corrected chi connectivity index (χ4v) is 1.45. The summed E-state index contributed by atoms with van der Waals surface area (Å²) >= 11 is 5.86. The van der Waals surface area contributed by atoms with Crippen molar-refractivity contribution in [3.8, 4) is 0 Å².